The predicted octanol–water partition coefficient (Wildman–Crippen LogP) is 2.97. The molecular formula is C14H15BrN2O2S. The van der Waals surface area contributed by atoms with E-state index in [1.165, 1.54) is 4.31 Å². The first-order valence-electron chi connectivity index (χ1n) is 6.02. The molecule has 0 N–H and O–H groups in total. The van der Waals surface area contributed by atoms with Crippen molar-refractivity contribution in [2.24, 2.45) is 0 Å². The van der Waals surface area contributed by atoms with Gasteiger partial charge in [0.15, 0.2) is 0 Å². The van der Waals surface area contributed by atoms with Gasteiger partial charge in [-0.25, -0.2) is 8.42 Å². The minimum atomic E-state index is -3.51. The number of sulfonamides is 1. The Hall–Kier alpha value is -1.24. The second-order valence-electron chi connectivity index (χ2n) is 4.53. The highest BCUT2D eigenvalue weighted by molar-refractivity contribution is 9.10. The Balaban J connectivity index is 2.32. The summed E-state index contributed by atoms with van der Waals surface area (Å²) >= 11 is 3.31. The van der Waals surface area contributed by atoms with Crippen molar-refractivity contribution in [3.63, 3.8) is 0 Å². The number of benzene rings is 1. The van der Waals surface area contributed by atoms with Crippen LogP contribution in [0.25, 0.3) is 0 Å². The number of nitrogens with zero attached hydrogens (tertiary/aromatic N) is 2. The predicted molar refractivity (Wildman–Crippen MR) is 81.8 cm³/mol. The van der Waals surface area contributed by atoms with Gasteiger partial charge in [0.1, 0.15) is 0 Å². The molecule has 0 atom stereocenters. The van der Waals surface area contributed by atoms with E-state index in [0.29, 0.717) is 11.4 Å². The van der Waals surface area contributed by atoms with Crippen LogP contribution in [0.5, 0.6) is 0 Å². The summed E-state index contributed by atoms with van der Waals surface area (Å²) in [5.41, 5.74) is 1.63. The van der Waals surface area contributed by atoms with Gasteiger partial charge in [0, 0.05) is 30.5 Å². The van der Waals surface area contributed by atoms with Gasteiger partial charge in [0.2, 0.25) is 10.0 Å². The van der Waals surface area contributed by atoms with Crippen LogP contribution in [0.4, 0.5) is 0 Å². The number of aromatic nitrogens is 1. The van der Waals surface area contributed by atoms with Crippen molar-refractivity contribution >= 4 is 26.0 Å². The Kier molecular flexibility index (Phi) is 4.57. The molecule has 0 aliphatic heterocycles. The first kappa shape index (κ1) is 15.2. The van der Waals surface area contributed by atoms with Crippen molar-refractivity contribution in [1.29, 1.82) is 0 Å². The zero-order valence-electron chi connectivity index (χ0n) is 11.2. The number of halogens is 1. The molecule has 1 heterocycles. The van der Waals surface area contributed by atoms with E-state index in [9.17, 15) is 8.42 Å². The van der Waals surface area contributed by atoms with Crippen molar-refractivity contribution in [1.82, 2.24) is 9.29 Å². The first-order valence-corrected chi connectivity index (χ1v) is 8.26. The van der Waals surface area contributed by atoms with E-state index < -0.39 is 10.0 Å². The molecule has 0 spiro atoms. The fraction of sp³-hybridized carbons (Fsp3) is 0.214. The van der Waals surface area contributed by atoms with Crippen LogP contribution in [-0.2, 0) is 16.6 Å². The molecule has 2 aromatic rings. The van der Waals surface area contributed by atoms with Crippen molar-refractivity contribution in [2.75, 3.05) is 7.05 Å². The maximum absolute atomic E-state index is 12.6. The smallest absolute Gasteiger partial charge is 0.243 e. The maximum Gasteiger partial charge on any atom is 0.243 e. The van der Waals surface area contributed by atoms with E-state index >= 15 is 0 Å². The molecule has 4 nitrogen and oxygen atoms in total. The molecular weight excluding hydrogens is 340 g/mol. The quantitative estimate of drug-likeness (QED) is 0.847. The van der Waals surface area contributed by atoms with Crippen LogP contribution in [0.2, 0.25) is 0 Å². The van der Waals surface area contributed by atoms with Gasteiger partial charge < -0.3 is 0 Å². The third kappa shape index (κ3) is 3.26. The van der Waals surface area contributed by atoms with E-state index in [2.05, 4.69) is 20.9 Å². The third-order valence-corrected chi connectivity index (χ3v) is 5.43. The zero-order chi connectivity index (χ0) is 14.8. The van der Waals surface area contributed by atoms with Crippen molar-refractivity contribution in [3.8, 4) is 0 Å². The van der Waals surface area contributed by atoms with Gasteiger partial charge in [0.25, 0.3) is 0 Å². The van der Waals surface area contributed by atoms with Gasteiger partial charge in [-0.05, 0) is 42.3 Å². The topological polar surface area (TPSA) is 50.3 Å². The summed E-state index contributed by atoms with van der Waals surface area (Å²) < 4.78 is 27.3. The number of hydrogen-bond donors (Lipinski definition) is 0. The Morgan fingerprint density at radius 1 is 1.20 bits per heavy atom. The van der Waals surface area contributed by atoms with E-state index in [4.69, 9.17) is 0 Å². The van der Waals surface area contributed by atoms with Gasteiger partial charge in [-0.1, -0.05) is 22.0 Å². The SMILES string of the molecule is Cc1ccc(Br)cc1S(=O)(=O)N(C)Cc1ccncc1. The molecule has 0 bridgehead atoms. The molecule has 1 aromatic carbocycles. The molecule has 106 valence electrons. The monoisotopic (exact) mass is 354 g/mol. The highest BCUT2D eigenvalue weighted by Gasteiger charge is 2.23. The molecule has 0 amide bonds. The minimum Gasteiger partial charge on any atom is -0.265 e. The first-order chi connectivity index (χ1) is 9.41. The summed E-state index contributed by atoms with van der Waals surface area (Å²) in [6.07, 6.45) is 3.31. The Labute approximate surface area is 127 Å². The van der Waals surface area contributed by atoms with Crippen LogP contribution in [0.1, 0.15) is 11.1 Å². The van der Waals surface area contributed by atoms with Gasteiger partial charge in [-0.2, -0.15) is 4.31 Å². The summed E-state index contributed by atoms with van der Waals surface area (Å²) in [5, 5.41) is 0. The lowest BCUT2D eigenvalue weighted by molar-refractivity contribution is 0.466. The molecule has 6 heteroatoms. The number of rotatable bonds is 4. The average molecular weight is 355 g/mol. The molecule has 0 radical (unpaired) electrons. The van der Waals surface area contributed by atoms with Crippen LogP contribution in [-0.4, -0.2) is 24.8 Å². The van der Waals surface area contributed by atoms with E-state index in [1.54, 1.807) is 50.6 Å². The summed E-state index contributed by atoms with van der Waals surface area (Å²) in [6, 6.07) is 8.86. The maximum atomic E-state index is 12.6. The van der Waals surface area contributed by atoms with E-state index in [-0.39, 0.29) is 0 Å². The Morgan fingerprint density at radius 3 is 2.50 bits per heavy atom. The van der Waals surface area contributed by atoms with Crippen molar-refractivity contribution in [2.45, 2.75) is 18.4 Å². The van der Waals surface area contributed by atoms with Gasteiger partial charge in [0.05, 0.1) is 4.90 Å². The normalized spacial score (nSPS) is 11.8. The van der Waals surface area contributed by atoms with Crippen molar-refractivity contribution in [3.05, 3.63) is 58.3 Å². The minimum absolute atomic E-state index is 0.316. The number of pyridine rings is 1. The third-order valence-electron chi connectivity index (χ3n) is 2.99. The molecule has 0 saturated carbocycles. The molecule has 0 unspecified atom stereocenters. The van der Waals surface area contributed by atoms with Gasteiger partial charge in [-0.15, -0.1) is 0 Å². The van der Waals surface area contributed by atoms with Crippen molar-refractivity contribution < 1.29 is 8.42 Å². The van der Waals surface area contributed by atoms with Gasteiger partial charge >= 0.3 is 0 Å². The largest absolute Gasteiger partial charge is 0.265 e. The van der Waals surface area contributed by atoms with E-state index in [0.717, 1.165) is 15.6 Å². The second-order valence-corrected chi connectivity index (χ2v) is 7.46. The standard InChI is InChI=1S/C14H15BrN2O2S/c1-11-3-4-13(15)9-14(11)20(18,19)17(2)10-12-5-7-16-8-6-12/h3-9H,10H2,1-2H3. The second kappa shape index (κ2) is 6.03. The highest BCUT2D eigenvalue weighted by atomic mass is 79.9. The molecule has 0 aliphatic rings. The zero-order valence-corrected chi connectivity index (χ0v) is 13.6. The molecule has 1 aromatic heterocycles. The lowest BCUT2D eigenvalue weighted by atomic mass is 10.2. The Morgan fingerprint density at radius 2 is 1.85 bits per heavy atom. The Bertz CT molecular complexity index is 702. The molecule has 20 heavy (non-hydrogen) atoms. The molecule has 0 fully saturated rings. The molecule has 0 aliphatic carbocycles. The van der Waals surface area contributed by atoms with Crippen LogP contribution < -0.4 is 0 Å². The van der Waals surface area contributed by atoms with Crippen LogP contribution in [0.3, 0.4) is 0 Å². The summed E-state index contributed by atoms with van der Waals surface area (Å²) in [6.45, 7) is 2.11. The fourth-order valence-electron chi connectivity index (χ4n) is 1.85. The number of aryl methyl sites for hydroxylation is 1. The van der Waals surface area contributed by atoms with Gasteiger partial charge in [-0.3, -0.25) is 4.98 Å². The van der Waals surface area contributed by atoms with Crippen LogP contribution >= 0.6 is 15.9 Å². The van der Waals surface area contributed by atoms with Crippen LogP contribution in [0, 0.1) is 6.92 Å². The number of hydrogen-bond acceptors (Lipinski definition) is 3. The summed E-state index contributed by atoms with van der Waals surface area (Å²) in [7, 11) is -1.93. The fourth-order valence-corrected chi connectivity index (χ4v) is 3.77. The average Bonchev–Trinajstić information content (AvgIpc) is 2.42. The summed E-state index contributed by atoms with van der Waals surface area (Å²) in [5.74, 6) is 0. The van der Waals surface area contributed by atoms with E-state index in [1.807, 2.05) is 6.07 Å². The highest BCUT2D eigenvalue weighted by Crippen LogP contribution is 2.24. The lowest BCUT2D eigenvalue weighted by Crippen LogP contribution is -2.27. The molecule has 0 saturated heterocycles. The lowest BCUT2D eigenvalue weighted by Gasteiger charge is -2.18. The summed E-state index contributed by atoms with van der Waals surface area (Å²) in [4.78, 5) is 4.25. The molecule has 2 rings (SSSR count). The van der Waals surface area contributed by atoms with Crippen LogP contribution in [0.15, 0.2) is 52.1 Å².